The third-order valence-electron chi connectivity index (χ3n) is 3.92. The first-order valence-electron chi connectivity index (χ1n) is 7.59. The van der Waals surface area contributed by atoms with Crippen LogP contribution in [0.4, 0.5) is 0 Å². The predicted octanol–water partition coefficient (Wildman–Crippen LogP) is 3.38. The molecule has 0 bridgehead atoms. The maximum absolute atomic E-state index is 5.65. The third kappa shape index (κ3) is 4.80. The molecule has 1 aromatic carbocycles. The molecule has 0 amide bonds. The van der Waals surface area contributed by atoms with Crippen LogP contribution in [0.15, 0.2) is 24.3 Å². The summed E-state index contributed by atoms with van der Waals surface area (Å²) in [6, 6.07) is 8.38. The molecule has 0 radical (unpaired) electrons. The van der Waals surface area contributed by atoms with Crippen molar-refractivity contribution in [1.82, 2.24) is 5.32 Å². The zero-order valence-corrected chi connectivity index (χ0v) is 12.9. The summed E-state index contributed by atoms with van der Waals surface area (Å²) >= 11 is 0. The van der Waals surface area contributed by atoms with Crippen LogP contribution in [0.5, 0.6) is 5.75 Å². The fourth-order valence-electron chi connectivity index (χ4n) is 2.44. The van der Waals surface area contributed by atoms with Crippen LogP contribution in [-0.4, -0.2) is 26.4 Å². The summed E-state index contributed by atoms with van der Waals surface area (Å²) in [5.41, 5.74) is 1.82. The Morgan fingerprint density at radius 3 is 2.45 bits per heavy atom. The summed E-state index contributed by atoms with van der Waals surface area (Å²) in [4.78, 5) is 0. The lowest BCUT2D eigenvalue weighted by atomic mass is 10.0. The molecule has 1 aromatic rings. The van der Waals surface area contributed by atoms with Gasteiger partial charge in [0.2, 0.25) is 0 Å². The average Bonchev–Trinajstić information content (AvgIpc) is 3.18. The summed E-state index contributed by atoms with van der Waals surface area (Å²) in [5, 5.41) is 3.58. The lowest BCUT2D eigenvalue weighted by Crippen LogP contribution is -2.24. The largest absolute Gasteiger partial charge is 0.491 e. The van der Waals surface area contributed by atoms with E-state index < -0.39 is 0 Å². The predicted molar refractivity (Wildman–Crippen MR) is 82.1 cm³/mol. The van der Waals surface area contributed by atoms with Crippen molar-refractivity contribution in [2.24, 2.45) is 5.41 Å². The molecule has 1 aliphatic carbocycles. The normalized spacial score (nSPS) is 16.4. The average molecular weight is 277 g/mol. The molecular weight excluding hydrogens is 250 g/mol. The van der Waals surface area contributed by atoms with Gasteiger partial charge < -0.3 is 14.8 Å². The van der Waals surface area contributed by atoms with Gasteiger partial charge in [0, 0.05) is 26.8 Å². The van der Waals surface area contributed by atoms with E-state index in [1.807, 2.05) is 13.8 Å². The quantitative estimate of drug-likeness (QED) is 0.750. The van der Waals surface area contributed by atoms with E-state index in [-0.39, 0.29) is 6.10 Å². The number of hydrogen-bond donors (Lipinski definition) is 1. The molecule has 0 unspecified atom stereocenters. The van der Waals surface area contributed by atoms with E-state index >= 15 is 0 Å². The number of nitrogens with one attached hydrogen (secondary N) is 1. The van der Waals surface area contributed by atoms with Crippen molar-refractivity contribution in [2.75, 3.05) is 20.3 Å². The number of hydrogen-bond acceptors (Lipinski definition) is 3. The van der Waals surface area contributed by atoms with Gasteiger partial charge >= 0.3 is 0 Å². The van der Waals surface area contributed by atoms with Gasteiger partial charge in [0.05, 0.1) is 6.10 Å². The minimum Gasteiger partial charge on any atom is -0.491 e. The van der Waals surface area contributed by atoms with Crippen LogP contribution in [0.3, 0.4) is 0 Å². The second-order valence-electron chi connectivity index (χ2n) is 6.16. The van der Waals surface area contributed by atoms with Gasteiger partial charge in [-0.1, -0.05) is 12.1 Å². The molecule has 0 spiro atoms. The maximum Gasteiger partial charge on any atom is 0.119 e. The molecule has 112 valence electrons. The van der Waals surface area contributed by atoms with Crippen molar-refractivity contribution >= 4 is 0 Å². The molecule has 0 aromatic heterocycles. The summed E-state index contributed by atoms with van der Waals surface area (Å²) in [6.07, 6.45) is 4.08. The molecule has 0 atom stereocenters. The van der Waals surface area contributed by atoms with Gasteiger partial charge in [-0.25, -0.2) is 0 Å². The Kier molecular flexibility index (Phi) is 5.44. The zero-order chi connectivity index (χ0) is 14.4. The molecule has 0 aliphatic heterocycles. The van der Waals surface area contributed by atoms with Crippen LogP contribution in [0.2, 0.25) is 0 Å². The van der Waals surface area contributed by atoms with E-state index in [0.717, 1.165) is 25.4 Å². The highest BCUT2D eigenvalue weighted by Gasteiger charge is 2.41. The van der Waals surface area contributed by atoms with Gasteiger partial charge in [0.1, 0.15) is 5.75 Å². The molecule has 20 heavy (non-hydrogen) atoms. The van der Waals surface area contributed by atoms with Gasteiger partial charge in [0.15, 0.2) is 0 Å². The molecule has 2 rings (SSSR count). The lowest BCUT2D eigenvalue weighted by molar-refractivity contribution is 0.171. The third-order valence-corrected chi connectivity index (χ3v) is 3.92. The fraction of sp³-hybridized carbons (Fsp3) is 0.647. The Morgan fingerprint density at radius 1 is 1.20 bits per heavy atom. The first-order chi connectivity index (χ1) is 9.63. The second-order valence-corrected chi connectivity index (χ2v) is 6.16. The lowest BCUT2D eigenvalue weighted by Gasteiger charge is -2.15. The van der Waals surface area contributed by atoms with Gasteiger partial charge in [0.25, 0.3) is 0 Å². The number of rotatable bonds is 9. The zero-order valence-electron chi connectivity index (χ0n) is 12.9. The molecule has 1 fully saturated rings. The highest BCUT2D eigenvalue weighted by molar-refractivity contribution is 5.27. The van der Waals surface area contributed by atoms with Crippen LogP contribution in [0, 0.1) is 5.41 Å². The standard InChI is InChI=1S/C17H27NO2/c1-14(2)20-16-6-4-15(5-7-16)12-18-13-17(8-9-17)10-11-19-3/h4-7,14,18H,8-13H2,1-3H3. The highest BCUT2D eigenvalue weighted by Crippen LogP contribution is 2.48. The van der Waals surface area contributed by atoms with E-state index in [0.29, 0.717) is 5.41 Å². The summed E-state index contributed by atoms with van der Waals surface area (Å²) < 4.78 is 10.8. The molecule has 3 nitrogen and oxygen atoms in total. The minimum atomic E-state index is 0.231. The summed E-state index contributed by atoms with van der Waals surface area (Å²) in [6.45, 7) is 7.00. The minimum absolute atomic E-state index is 0.231. The van der Waals surface area contributed by atoms with Crippen LogP contribution >= 0.6 is 0 Å². The molecule has 0 saturated heterocycles. The fourth-order valence-corrected chi connectivity index (χ4v) is 2.44. The van der Waals surface area contributed by atoms with E-state index in [4.69, 9.17) is 9.47 Å². The first kappa shape index (κ1) is 15.3. The molecular formula is C17H27NO2. The Hall–Kier alpha value is -1.06. The number of methoxy groups -OCH3 is 1. The Morgan fingerprint density at radius 2 is 1.90 bits per heavy atom. The second kappa shape index (κ2) is 7.09. The summed E-state index contributed by atoms with van der Waals surface area (Å²) in [7, 11) is 1.78. The van der Waals surface area contributed by atoms with Gasteiger partial charge in [-0.05, 0) is 56.2 Å². The van der Waals surface area contributed by atoms with E-state index in [9.17, 15) is 0 Å². The summed E-state index contributed by atoms with van der Waals surface area (Å²) in [5.74, 6) is 0.947. The van der Waals surface area contributed by atoms with Gasteiger partial charge in [-0.3, -0.25) is 0 Å². The Bertz CT molecular complexity index is 396. The topological polar surface area (TPSA) is 30.5 Å². The van der Waals surface area contributed by atoms with Crippen molar-refractivity contribution in [3.63, 3.8) is 0 Å². The van der Waals surface area contributed by atoms with Crippen molar-refractivity contribution < 1.29 is 9.47 Å². The van der Waals surface area contributed by atoms with Crippen LogP contribution < -0.4 is 10.1 Å². The van der Waals surface area contributed by atoms with Crippen LogP contribution in [0.25, 0.3) is 0 Å². The van der Waals surface area contributed by atoms with E-state index in [2.05, 4.69) is 29.6 Å². The maximum atomic E-state index is 5.65. The van der Waals surface area contributed by atoms with Crippen molar-refractivity contribution in [3.8, 4) is 5.75 Å². The number of ether oxygens (including phenoxy) is 2. The monoisotopic (exact) mass is 277 g/mol. The van der Waals surface area contributed by atoms with Crippen LogP contribution in [0.1, 0.15) is 38.7 Å². The molecule has 1 N–H and O–H groups in total. The van der Waals surface area contributed by atoms with Crippen molar-refractivity contribution in [2.45, 2.75) is 45.8 Å². The molecule has 1 saturated carbocycles. The smallest absolute Gasteiger partial charge is 0.119 e. The van der Waals surface area contributed by atoms with Crippen molar-refractivity contribution in [3.05, 3.63) is 29.8 Å². The first-order valence-corrected chi connectivity index (χ1v) is 7.59. The molecule has 0 heterocycles. The van der Waals surface area contributed by atoms with Crippen molar-refractivity contribution in [1.29, 1.82) is 0 Å². The van der Waals surface area contributed by atoms with Gasteiger partial charge in [-0.15, -0.1) is 0 Å². The van der Waals surface area contributed by atoms with E-state index in [1.54, 1.807) is 7.11 Å². The van der Waals surface area contributed by atoms with Crippen LogP contribution in [-0.2, 0) is 11.3 Å². The van der Waals surface area contributed by atoms with Gasteiger partial charge in [-0.2, -0.15) is 0 Å². The SMILES string of the molecule is COCCC1(CNCc2ccc(OC(C)C)cc2)CC1. The molecule has 3 heteroatoms. The van der Waals surface area contributed by atoms with E-state index in [1.165, 1.54) is 24.8 Å². The number of benzene rings is 1. The Balaban J connectivity index is 1.71. The Labute approximate surface area is 122 Å². The molecule has 1 aliphatic rings. The highest BCUT2D eigenvalue weighted by atomic mass is 16.5.